The van der Waals surface area contributed by atoms with Crippen LogP contribution in [0.5, 0.6) is 0 Å². The number of amides is 1. The zero-order chi connectivity index (χ0) is 15.6. The molecule has 0 unspecified atom stereocenters. The molecule has 0 radical (unpaired) electrons. The minimum absolute atomic E-state index is 0.217. The highest BCUT2D eigenvalue weighted by Gasteiger charge is 2.34. The molecule has 0 fully saturated rings. The molecular formula is C14H8Cl2F3NO. The van der Waals surface area contributed by atoms with Crippen LogP contribution in [0, 0.1) is 0 Å². The van der Waals surface area contributed by atoms with Crippen molar-refractivity contribution in [2.75, 3.05) is 5.32 Å². The molecule has 2 aromatic carbocycles. The number of carbonyl (C=O) groups is 1. The van der Waals surface area contributed by atoms with Gasteiger partial charge in [-0.15, -0.1) is 0 Å². The molecule has 2 aromatic rings. The zero-order valence-electron chi connectivity index (χ0n) is 10.3. The Morgan fingerprint density at radius 2 is 1.57 bits per heavy atom. The first-order valence-electron chi connectivity index (χ1n) is 5.71. The SMILES string of the molecule is O=C(Nc1cc(Cl)cc(Cl)c1)c1ccccc1C(F)(F)F. The lowest BCUT2D eigenvalue weighted by molar-refractivity contribution is -0.137. The van der Waals surface area contributed by atoms with Gasteiger partial charge in [0, 0.05) is 15.7 Å². The van der Waals surface area contributed by atoms with E-state index in [2.05, 4.69) is 5.32 Å². The second-order valence-electron chi connectivity index (χ2n) is 4.16. The monoisotopic (exact) mass is 333 g/mol. The standard InChI is InChI=1S/C14H8Cl2F3NO/c15-8-5-9(16)7-10(6-8)20-13(21)11-3-1-2-4-12(11)14(17,18)19/h1-7H,(H,20,21). The summed E-state index contributed by atoms with van der Waals surface area (Å²) in [5, 5.41) is 2.88. The molecule has 110 valence electrons. The van der Waals surface area contributed by atoms with Crippen LogP contribution >= 0.6 is 23.2 Å². The fourth-order valence-corrected chi connectivity index (χ4v) is 2.28. The van der Waals surface area contributed by atoms with Crippen molar-refractivity contribution >= 4 is 34.8 Å². The third kappa shape index (κ3) is 3.89. The fourth-order valence-electron chi connectivity index (χ4n) is 1.75. The van der Waals surface area contributed by atoms with Crippen LogP contribution in [0.3, 0.4) is 0 Å². The van der Waals surface area contributed by atoms with E-state index in [1.165, 1.54) is 30.3 Å². The Balaban J connectivity index is 2.33. The van der Waals surface area contributed by atoms with Gasteiger partial charge in [0.05, 0.1) is 11.1 Å². The Morgan fingerprint density at radius 3 is 2.14 bits per heavy atom. The Labute approximate surface area is 128 Å². The molecule has 0 aliphatic heterocycles. The third-order valence-corrected chi connectivity index (χ3v) is 3.03. The van der Waals surface area contributed by atoms with Gasteiger partial charge in [-0.25, -0.2) is 0 Å². The average molecular weight is 334 g/mol. The first kappa shape index (κ1) is 15.7. The normalized spacial score (nSPS) is 11.3. The molecule has 1 N–H and O–H groups in total. The van der Waals surface area contributed by atoms with Crippen LogP contribution in [-0.4, -0.2) is 5.91 Å². The van der Waals surface area contributed by atoms with Crippen molar-refractivity contribution < 1.29 is 18.0 Å². The molecule has 0 saturated heterocycles. The minimum Gasteiger partial charge on any atom is -0.322 e. The Kier molecular flexibility index (Phi) is 4.44. The molecule has 1 amide bonds. The third-order valence-electron chi connectivity index (χ3n) is 2.60. The molecule has 21 heavy (non-hydrogen) atoms. The first-order chi connectivity index (χ1) is 9.77. The van der Waals surface area contributed by atoms with E-state index in [4.69, 9.17) is 23.2 Å². The van der Waals surface area contributed by atoms with Gasteiger partial charge in [-0.1, -0.05) is 35.3 Å². The molecule has 7 heteroatoms. The zero-order valence-corrected chi connectivity index (χ0v) is 11.9. The minimum atomic E-state index is -4.61. The number of hydrogen-bond acceptors (Lipinski definition) is 1. The molecule has 0 aromatic heterocycles. The summed E-state index contributed by atoms with van der Waals surface area (Å²) in [6.45, 7) is 0. The number of anilines is 1. The average Bonchev–Trinajstić information content (AvgIpc) is 2.36. The predicted molar refractivity (Wildman–Crippen MR) is 75.9 cm³/mol. The molecule has 0 aliphatic carbocycles. The molecule has 0 aliphatic rings. The maximum Gasteiger partial charge on any atom is 0.417 e. The molecule has 2 rings (SSSR count). The second-order valence-corrected chi connectivity index (χ2v) is 5.03. The van der Waals surface area contributed by atoms with Crippen molar-refractivity contribution in [3.05, 3.63) is 63.6 Å². The molecule has 0 spiro atoms. The van der Waals surface area contributed by atoms with E-state index in [0.717, 1.165) is 12.1 Å². The molecule has 0 saturated carbocycles. The highest BCUT2D eigenvalue weighted by Crippen LogP contribution is 2.32. The number of nitrogens with one attached hydrogen (secondary N) is 1. The van der Waals surface area contributed by atoms with Gasteiger partial charge >= 0.3 is 6.18 Å². The van der Waals surface area contributed by atoms with Crippen LogP contribution in [0.25, 0.3) is 0 Å². The van der Waals surface area contributed by atoms with Crippen LogP contribution in [0.2, 0.25) is 10.0 Å². The van der Waals surface area contributed by atoms with Crippen molar-refractivity contribution in [1.82, 2.24) is 0 Å². The summed E-state index contributed by atoms with van der Waals surface area (Å²) in [5.74, 6) is -0.888. The molecule has 0 heterocycles. The van der Waals surface area contributed by atoms with E-state index >= 15 is 0 Å². The predicted octanol–water partition coefficient (Wildman–Crippen LogP) is 5.26. The van der Waals surface area contributed by atoms with Crippen molar-refractivity contribution in [2.24, 2.45) is 0 Å². The Morgan fingerprint density at radius 1 is 1.00 bits per heavy atom. The highest BCUT2D eigenvalue weighted by atomic mass is 35.5. The van der Waals surface area contributed by atoms with Crippen molar-refractivity contribution in [1.29, 1.82) is 0 Å². The van der Waals surface area contributed by atoms with Gasteiger partial charge in [-0.05, 0) is 30.3 Å². The summed E-state index contributed by atoms with van der Waals surface area (Å²) in [6, 6.07) is 8.75. The summed E-state index contributed by atoms with van der Waals surface area (Å²) in [6.07, 6.45) is -4.61. The summed E-state index contributed by atoms with van der Waals surface area (Å²) in [4.78, 5) is 12.0. The highest BCUT2D eigenvalue weighted by molar-refractivity contribution is 6.35. The molecular weight excluding hydrogens is 326 g/mol. The summed E-state index contributed by atoms with van der Waals surface area (Å²) in [5.41, 5.74) is -1.26. The smallest absolute Gasteiger partial charge is 0.322 e. The maximum absolute atomic E-state index is 12.9. The Hall–Kier alpha value is -1.72. The quantitative estimate of drug-likeness (QED) is 0.797. The largest absolute Gasteiger partial charge is 0.417 e. The fraction of sp³-hybridized carbons (Fsp3) is 0.0714. The van der Waals surface area contributed by atoms with Gasteiger partial charge in [0.1, 0.15) is 0 Å². The van der Waals surface area contributed by atoms with Crippen LogP contribution in [0.1, 0.15) is 15.9 Å². The lowest BCUT2D eigenvalue weighted by Crippen LogP contribution is -2.18. The first-order valence-corrected chi connectivity index (χ1v) is 6.46. The van der Waals surface area contributed by atoms with Crippen molar-refractivity contribution in [3.8, 4) is 0 Å². The number of carbonyl (C=O) groups excluding carboxylic acids is 1. The van der Waals surface area contributed by atoms with E-state index in [0.29, 0.717) is 0 Å². The number of halogens is 5. The summed E-state index contributed by atoms with van der Waals surface area (Å²) >= 11 is 11.5. The number of alkyl halides is 3. The van der Waals surface area contributed by atoms with Crippen LogP contribution in [0.15, 0.2) is 42.5 Å². The topological polar surface area (TPSA) is 29.1 Å². The van der Waals surface area contributed by atoms with Gasteiger partial charge in [-0.2, -0.15) is 13.2 Å². The van der Waals surface area contributed by atoms with Gasteiger partial charge in [0.15, 0.2) is 0 Å². The van der Waals surface area contributed by atoms with Crippen molar-refractivity contribution in [2.45, 2.75) is 6.18 Å². The molecule has 0 bridgehead atoms. The van der Waals surface area contributed by atoms with Gasteiger partial charge in [-0.3, -0.25) is 4.79 Å². The van der Waals surface area contributed by atoms with E-state index in [-0.39, 0.29) is 15.7 Å². The van der Waals surface area contributed by atoms with E-state index in [1.807, 2.05) is 0 Å². The summed E-state index contributed by atoms with van der Waals surface area (Å²) < 4.78 is 38.6. The van der Waals surface area contributed by atoms with Crippen LogP contribution < -0.4 is 5.32 Å². The maximum atomic E-state index is 12.9. The lowest BCUT2D eigenvalue weighted by atomic mass is 10.1. The van der Waals surface area contributed by atoms with Crippen LogP contribution in [0.4, 0.5) is 18.9 Å². The van der Waals surface area contributed by atoms with E-state index < -0.39 is 23.2 Å². The van der Waals surface area contributed by atoms with Crippen LogP contribution in [-0.2, 0) is 6.18 Å². The van der Waals surface area contributed by atoms with Crippen molar-refractivity contribution in [3.63, 3.8) is 0 Å². The lowest BCUT2D eigenvalue weighted by Gasteiger charge is -2.13. The van der Waals surface area contributed by atoms with Gasteiger partial charge in [0.25, 0.3) is 5.91 Å². The Bertz CT molecular complexity index is 666. The van der Waals surface area contributed by atoms with Gasteiger partial charge < -0.3 is 5.32 Å². The number of hydrogen-bond donors (Lipinski definition) is 1. The number of rotatable bonds is 2. The number of benzene rings is 2. The molecule has 0 atom stereocenters. The second kappa shape index (κ2) is 5.95. The molecule has 2 nitrogen and oxygen atoms in total. The summed E-state index contributed by atoms with van der Waals surface area (Å²) in [7, 11) is 0. The van der Waals surface area contributed by atoms with E-state index in [1.54, 1.807) is 0 Å². The van der Waals surface area contributed by atoms with E-state index in [9.17, 15) is 18.0 Å². The van der Waals surface area contributed by atoms with Gasteiger partial charge in [0.2, 0.25) is 0 Å².